The molecule has 0 aromatic carbocycles. The smallest absolute Gasteiger partial charge is 0.0197 e. The molecule has 14 heavy (non-hydrogen) atoms. The highest BCUT2D eigenvalue weighted by molar-refractivity contribution is 5.12. The van der Waals surface area contributed by atoms with Gasteiger partial charge < -0.3 is 0 Å². The number of hydrogen-bond donors (Lipinski definition) is 0. The molecule has 3 rings (SSSR count). The zero-order chi connectivity index (χ0) is 9.54. The molecule has 0 nitrogen and oxygen atoms in total. The van der Waals surface area contributed by atoms with Gasteiger partial charge in [0, 0.05) is 0 Å². The fourth-order valence-electron chi connectivity index (χ4n) is 4.53. The summed E-state index contributed by atoms with van der Waals surface area (Å²) in [5.41, 5.74) is 0. The molecule has 5 atom stereocenters. The van der Waals surface area contributed by atoms with Crippen LogP contribution in [0.25, 0.3) is 0 Å². The molecule has 0 aliphatic heterocycles. The van der Waals surface area contributed by atoms with Crippen molar-refractivity contribution < 1.29 is 0 Å². The third-order valence-corrected chi connectivity index (χ3v) is 5.16. The summed E-state index contributed by atoms with van der Waals surface area (Å²) in [6, 6.07) is 0. The molecular weight excluding hydrogens is 168 g/mol. The number of allylic oxidation sites excluding steroid dienone is 2. The van der Waals surface area contributed by atoms with E-state index in [4.69, 9.17) is 0 Å². The van der Waals surface area contributed by atoms with Gasteiger partial charge >= 0.3 is 0 Å². The van der Waals surface area contributed by atoms with E-state index in [9.17, 15) is 0 Å². The van der Waals surface area contributed by atoms with Crippen molar-refractivity contribution in [1.29, 1.82) is 0 Å². The third kappa shape index (κ3) is 1.19. The summed E-state index contributed by atoms with van der Waals surface area (Å²) in [6.45, 7) is 2.40. The lowest BCUT2D eigenvalue weighted by atomic mass is 9.59. The Morgan fingerprint density at radius 2 is 1.79 bits per heavy atom. The van der Waals surface area contributed by atoms with Crippen LogP contribution in [0.2, 0.25) is 0 Å². The Bertz CT molecular complexity index is 232. The van der Waals surface area contributed by atoms with Gasteiger partial charge in [0.15, 0.2) is 0 Å². The van der Waals surface area contributed by atoms with Crippen LogP contribution >= 0.6 is 0 Å². The zero-order valence-corrected chi connectivity index (χ0v) is 9.28. The molecule has 2 saturated carbocycles. The minimum atomic E-state index is 0.980. The summed E-state index contributed by atoms with van der Waals surface area (Å²) in [4.78, 5) is 0. The molecule has 78 valence electrons. The first kappa shape index (κ1) is 9.00. The molecule has 0 amide bonds. The van der Waals surface area contributed by atoms with Crippen LogP contribution < -0.4 is 0 Å². The Kier molecular flexibility index (Phi) is 2.18. The number of rotatable bonds is 1. The minimum absolute atomic E-state index is 0.980. The monoisotopic (exact) mass is 190 g/mol. The highest BCUT2D eigenvalue weighted by Gasteiger charge is 2.45. The average Bonchev–Trinajstić information content (AvgIpc) is 2.65. The molecule has 0 saturated heterocycles. The van der Waals surface area contributed by atoms with E-state index >= 15 is 0 Å². The van der Waals surface area contributed by atoms with Gasteiger partial charge in [0.2, 0.25) is 0 Å². The van der Waals surface area contributed by atoms with E-state index in [1.807, 2.05) is 0 Å². The van der Waals surface area contributed by atoms with E-state index in [0.29, 0.717) is 0 Å². The third-order valence-electron chi connectivity index (χ3n) is 5.16. The zero-order valence-electron chi connectivity index (χ0n) is 9.28. The maximum absolute atomic E-state index is 2.56. The molecule has 0 bridgehead atoms. The van der Waals surface area contributed by atoms with E-state index < -0.39 is 0 Å². The Morgan fingerprint density at radius 3 is 2.57 bits per heavy atom. The van der Waals surface area contributed by atoms with E-state index in [0.717, 1.165) is 29.6 Å². The summed E-state index contributed by atoms with van der Waals surface area (Å²) < 4.78 is 0. The second-order valence-corrected chi connectivity index (χ2v) is 5.63. The van der Waals surface area contributed by atoms with Gasteiger partial charge in [-0.25, -0.2) is 0 Å². The van der Waals surface area contributed by atoms with Crippen LogP contribution in [0.1, 0.15) is 45.4 Å². The molecule has 5 unspecified atom stereocenters. The topological polar surface area (TPSA) is 0 Å². The summed E-state index contributed by atoms with van der Waals surface area (Å²) in [5.74, 6) is 5.19. The van der Waals surface area contributed by atoms with Gasteiger partial charge in [-0.3, -0.25) is 0 Å². The van der Waals surface area contributed by atoms with E-state index in [2.05, 4.69) is 19.1 Å². The fraction of sp³-hybridized carbons (Fsp3) is 0.857. The fourth-order valence-corrected chi connectivity index (χ4v) is 4.53. The summed E-state index contributed by atoms with van der Waals surface area (Å²) in [7, 11) is 0. The van der Waals surface area contributed by atoms with Gasteiger partial charge in [-0.05, 0) is 55.3 Å². The van der Waals surface area contributed by atoms with Crippen LogP contribution in [0.3, 0.4) is 0 Å². The summed E-state index contributed by atoms with van der Waals surface area (Å²) in [6.07, 6.45) is 14.1. The van der Waals surface area contributed by atoms with Crippen molar-refractivity contribution in [2.45, 2.75) is 45.4 Å². The first-order chi connectivity index (χ1) is 6.90. The van der Waals surface area contributed by atoms with Crippen molar-refractivity contribution >= 4 is 0 Å². The highest BCUT2D eigenvalue weighted by Crippen LogP contribution is 2.53. The highest BCUT2D eigenvalue weighted by atomic mass is 14.5. The van der Waals surface area contributed by atoms with E-state index in [1.54, 1.807) is 0 Å². The molecule has 0 aromatic heterocycles. The Labute approximate surface area is 87.8 Å². The van der Waals surface area contributed by atoms with Crippen molar-refractivity contribution in [2.24, 2.45) is 29.6 Å². The summed E-state index contributed by atoms with van der Waals surface area (Å²) >= 11 is 0. The van der Waals surface area contributed by atoms with E-state index in [-0.39, 0.29) is 0 Å². The predicted molar refractivity (Wildman–Crippen MR) is 60.0 cm³/mol. The average molecular weight is 190 g/mol. The molecule has 3 aliphatic rings. The SMILES string of the molecule is CCC1CCC2C=CC3CCCC1C32. The van der Waals surface area contributed by atoms with Gasteiger partial charge in [0.25, 0.3) is 0 Å². The van der Waals surface area contributed by atoms with Crippen LogP contribution in [-0.4, -0.2) is 0 Å². The first-order valence-electron chi connectivity index (χ1n) is 6.58. The first-order valence-corrected chi connectivity index (χ1v) is 6.58. The van der Waals surface area contributed by atoms with Crippen molar-refractivity contribution in [3.8, 4) is 0 Å². The maximum Gasteiger partial charge on any atom is -0.0197 e. The van der Waals surface area contributed by atoms with Crippen molar-refractivity contribution in [2.75, 3.05) is 0 Å². The second kappa shape index (κ2) is 3.40. The molecule has 0 spiro atoms. The van der Waals surface area contributed by atoms with Crippen molar-refractivity contribution in [3.63, 3.8) is 0 Å². The van der Waals surface area contributed by atoms with Crippen molar-refractivity contribution in [3.05, 3.63) is 12.2 Å². The summed E-state index contributed by atoms with van der Waals surface area (Å²) in [5, 5.41) is 0. The Balaban J connectivity index is 1.85. The predicted octanol–water partition coefficient (Wildman–Crippen LogP) is 4.02. The maximum atomic E-state index is 2.56. The molecule has 0 heteroatoms. The molecular formula is C14H22. The van der Waals surface area contributed by atoms with E-state index in [1.165, 1.54) is 38.5 Å². The van der Waals surface area contributed by atoms with Crippen LogP contribution in [0.4, 0.5) is 0 Å². The van der Waals surface area contributed by atoms with Gasteiger partial charge in [-0.1, -0.05) is 31.9 Å². The molecule has 0 aromatic rings. The van der Waals surface area contributed by atoms with Crippen LogP contribution in [0, 0.1) is 29.6 Å². The van der Waals surface area contributed by atoms with Gasteiger partial charge in [0.05, 0.1) is 0 Å². The normalized spacial score (nSPS) is 50.5. The minimum Gasteiger partial charge on any atom is -0.0848 e. The van der Waals surface area contributed by atoms with Gasteiger partial charge in [-0.2, -0.15) is 0 Å². The largest absolute Gasteiger partial charge is 0.0848 e. The molecule has 3 aliphatic carbocycles. The van der Waals surface area contributed by atoms with Crippen molar-refractivity contribution in [1.82, 2.24) is 0 Å². The quantitative estimate of drug-likeness (QED) is 0.548. The second-order valence-electron chi connectivity index (χ2n) is 5.63. The molecule has 0 radical (unpaired) electrons. The standard InChI is InChI=1S/C14H22/c1-2-10-6-7-12-9-8-11-4-3-5-13(10)14(11)12/h8-14H,2-7H2,1H3. The Hall–Kier alpha value is -0.260. The molecule has 0 heterocycles. The van der Waals surface area contributed by atoms with Crippen LogP contribution in [0.5, 0.6) is 0 Å². The molecule has 0 N–H and O–H groups in total. The molecule has 2 fully saturated rings. The van der Waals surface area contributed by atoms with Gasteiger partial charge in [0.1, 0.15) is 0 Å². The number of hydrogen-bond acceptors (Lipinski definition) is 0. The van der Waals surface area contributed by atoms with Gasteiger partial charge in [-0.15, -0.1) is 0 Å². The van der Waals surface area contributed by atoms with Crippen LogP contribution in [0.15, 0.2) is 12.2 Å². The lowest BCUT2D eigenvalue weighted by Crippen LogP contribution is -2.37. The lowest BCUT2D eigenvalue weighted by molar-refractivity contribution is 0.0516. The van der Waals surface area contributed by atoms with Crippen LogP contribution in [-0.2, 0) is 0 Å². The Morgan fingerprint density at radius 1 is 1.00 bits per heavy atom. The lowest BCUT2D eigenvalue weighted by Gasteiger charge is -2.45.